The van der Waals surface area contributed by atoms with Crippen LogP contribution in [0.5, 0.6) is 0 Å². The fourth-order valence-electron chi connectivity index (χ4n) is 1.87. The lowest BCUT2D eigenvalue weighted by Crippen LogP contribution is -2.35. The fourth-order valence-corrected chi connectivity index (χ4v) is 1.87. The number of hydrogen-bond donors (Lipinski definition) is 1. The highest BCUT2D eigenvalue weighted by atomic mass is 16.6. The van der Waals surface area contributed by atoms with E-state index in [4.69, 9.17) is 9.47 Å². The van der Waals surface area contributed by atoms with E-state index in [0.29, 0.717) is 25.0 Å². The normalized spacial score (nSPS) is 39.2. The van der Waals surface area contributed by atoms with E-state index in [2.05, 4.69) is 5.32 Å². The summed E-state index contributed by atoms with van der Waals surface area (Å²) in [6.45, 7) is 3.50. The van der Waals surface area contributed by atoms with Gasteiger partial charge in [0.05, 0.1) is 18.9 Å². The van der Waals surface area contributed by atoms with Crippen molar-refractivity contribution in [2.45, 2.75) is 44.4 Å². The van der Waals surface area contributed by atoms with Crippen LogP contribution in [0.25, 0.3) is 0 Å². The molecule has 3 atom stereocenters. The maximum Gasteiger partial charge on any atom is 0.0967 e. The van der Waals surface area contributed by atoms with Crippen molar-refractivity contribution in [2.24, 2.45) is 0 Å². The highest BCUT2D eigenvalue weighted by molar-refractivity contribution is 4.94. The number of epoxide rings is 1. The zero-order valence-corrected chi connectivity index (χ0v) is 7.58. The summed E-state index contributed by atoms with van der Waals surface area (Å²) >= 11 is 0. The molecule has 70 valence electrons. The zero-order valence-electron chi connectivity index (χ0n) is 7.58. The second kappa shape index (κ2) is 3.73. The lowest BCUT2D eigenvalue weighted by Gasteiger charge is -2.19. The molecular weight excluding hydrogens is 154 g/mol. The Balaban J connectivity index is 1.61. The van der Waals surface area contributed by atoms with Crippen LogP contribution < -0.4 is 5.32 Å². The van der Waals surface area contributed by atoms with E-state index in [1.165, 1.54) is 19.3 Å². The van der Waals surface area contributed by atoms with Crippen molar-refractivity contribution in [1.82, 2.24) is 5.32 Å². The standard InChI is InChI=1S/C9H17NO2/c1-2-11-6-10-7-3-4-8-9(5-7)12-8/h7-10H,2-6H2,1H3. The summed E-state index contributed by atoms with van der Waals surface area (Å²) in [5.74, 6) is 0. The van der Waals surface area contributed by atoms with Gasteiger partial charge in [0.1, 0.15) is 0 Å². The fraction of sp³-hybridized carbons (Fsp3) is 1.00. The highest BCUT2D eigenvalue weighted by Gasteiger charge is 2.43. The molecule has 1 heterocycles. The SMILES string of the molecule is CCOCNC1CCC2OC2C1. The summed E-state index contributed by atoms with van der Waals surface area (Å²) in [6.07, 6.45) is 4.83. The molecule has 3 unspecified atom stereocenters. The van der Waals surface area contributed by atoms with Gasteiger partial charge in [-0.3, -0.25) is 5.32 Å². The molecule has 2 aliphatic rings. The Hall–Kier alpha value is -0.120. The summed E-state index contributed by atoms with van der Waals surface area (Å²) in [5.41, 5.74) is 0. The summed E-state index contributed by atoms with van der Waals surface area (Å²) in [7, 11) is 0. The van der Waals surface area contributed by atoms with Crippen LogP contribution in [0.2, 0.25) is 0 Å². The maximum absolute atomic E-state index is 5.43. The van der Waals surface area contributed by atoms with Gasteiger partial charge in [-0.25, -0.2) is 0 Å². The maximum atomic E-state index is 5.43. The van der Waals surface area contributed by atoms with Crippen molar-refractivity contribution in [3.05, 3.63) is 0 Å². The third-order valence-electron chi connectivity index (χ3n) is 2.68. The van der Waals surface area contributed by atoms with Crippen molar-refractivity contribution >= 4 is 0 Å². The summed E-state index contributed by atoms with van der Waals surface area (Å²) in [6, 6.07) is 0.625. The molecule has 2 rings (SSSR count). The predicted octanol–water partition coefficient (Wildman–Crippen LogP) is 0.890. The van der Waals surface area contributed by atoms with Crippen LogP contribution in [-0.4, -0.2) is 31.6 Å². The lowest BCUT2D eigenvalue weighted by molar-refractivity contribution is 0.115. The number of rotatable bonds is 4. The first kappa shape index (κ1) is 8.48. The van der Waals surface area contributed by atoms with Crippen LogP contribution in [0.15, 0.2) is 0 Å². The minimum Gasteiger partial charge on any atom is -0.370 e. The van der Waals surface area contributed by atoms with Crippen LogP contribution in [0.4, 0.5) is 0 Å². The number of nitrogens with one attached hydrogen (secondary N) is 1. The van der Waals surface area contributed by atoms with Crippen molar-refractivity contribution in [1.29, 1.82) is 0 Å². The third kappa shape index (κ3) is 1.97. The molecule has 0 bridgehead atoms. The van der Waals surface area contributed by atoms with Gasteiger partial charge in [0.15, 0.2) is 0 Å². The second-order valence-corrected chi connectivity index (χ2v) is 3.56. The molecule has 0 aromatic heterocycles. The van der Waals surface area contributed by atoms with Gasteiger partial charge < -0.3 is 9.47 Å². The molecule has 0 aromatic rings. The van der Waals surface area contributed by atoms with Gasteiger partial charge in [0, 0.05) is 12.6 Å². The quantitative estimate of drug-likeness (QED) is 0.387. The van der Waals surface area contributed by atoms with E-state index in [-0.39, 0.29) is 0 Å². The highest BCUT2D eigenvalue weighted by Crippen LogP contribution is 2.36. The molecule has 1 aliphatic heterocycles. The first-order chi connectivity index (χ1) is 5.90. The third-order valence-corrected chi connectivity index (χ3v) is 2.68. The van der Waals surface area contributed by atoms with Crippen molar-refractivity contribution in [2.75, 3.05) is 13.3 Å². The second-order valence-electron chi connectivity index (χ2n) is 3.56. The Kier molecular flexibility index (Phi) is 2.63. The van der Waals surface area contributed by atoms with E-state index < -0.39 is 0 Å². The van der Waals surface area contributed by atoms with Gasteiger partial charge >= 0.3 is 0 Å². The van der Waals surface area contributed by atoms with Crippen molar-refractivity contribution in [3.8, 4) is 0 Å². The number of hydrogen-bond acceptors (Lipinski definition) is 3. The molecule has 1 saturated carbocycles. The molecule has 0 spiro atoms. The molecule has 3 heteroatoms. The summed E-state index contributed by atoms with van der Waals surface area (Å²) in [5, 5.41) is 3.38. The number of fused-ring (bicyclic) bond motifs is 1. The summed E-state index contributed by atoms with van der Waals surface area (Å²) in [4.78, 5) is 0. The van der Waals surface area contributed by atoms with Crippen LogP contribution in [0, 0.1) is 0 Å². The smallest absolute Gasteiger partial charge is 0.0967 e. The van der Waals surface area contributed by atoms with Crippen LogP contribution in [0.1, 0.15) is 26.2 Å². The van der Waals surface area contributed by atoms with Crippen molar-refractivity contribution < 1.29 is 9.47 Å². The van der Waals surface area contributed by atoms with Crippen molar-refractivity contribution in [3.63, 3.8) is 0 Å². The molecule has 1 aliphatic carbocycles. The zero-order chi connectivity index (χ0) is 8.39. The van der Waals surface area contributed by atoms with E-state index in [1.54, 1.807) is 0 Å². The monoisotopic (exact) mass is 171 g/mol. The predicted molar refractivity (Wildman–Crippen MR) is 45.9 cm³/mol. The van der Waals surface area contributed by atoms with Crippen LogP contribution in [0.3, 0.4) is 0 Å². The summed E-state index contributed by atoms with van der Waals surface area (Å²) < 4.78 is 10.7. The number of ether oxygens (including phenoxy) is 2. The van der Waals surface area contributed by atoms with Gasteiger partial charge in [-0.15, -0.1) is 0 Å². The van der Waals surface area contributed by atoms with E-state index in [0.717, 1.165) is 6.61 Å². The molecule has 0 amide bonds. The van der Waals surface area contributed by atoms with Gasteiger partial charge in [0.2, 0.25) is 0 Å². The van der Waals surface area contributed by atoms with E-state index >= 15 is 0 Å². The average Bonchev–Trinajstić information content (AvgIpc) is 2.83. The van der Waals surface area contributed by atoms with Crippen LogP contribution >= 0.6 is 0 Å². The molecule has 3 nitrogen and oxygen atoms in total. The molecule has 1 saturated heterocycles. The average molecular weight is 171 g/mol. The Morgan fingerprint density at radius 3 is 3.08 bits per heavy atom. The van der Waals surface area contributed by atoms with Gasteiger partial charge in [-0.1, -0.05) is 0 Å². The molecule has 2 fully saturated rings. The van der Waals surface area contributed by atoms with E-state index in [1.807, 2.05) is 6.92 Å². The van der Waals surface area contributed by atoms with Gasteiger partial charge in [-0.2, -0.15) is 0 Å². The largest absolute Gasteiger partial charge is 0.370 e. The Morgan fingerprint density at radius 2 is 2.33 bits per heavy atom. The minimum atomic E-state index is 0.567. The Bertz CT molecular complexity index is 151. The van der Waals surface area contributed by atoms with Gasteiger partial charge in [-0.05, 0) is 26.2 Å². The first-order valence-electron chi connectivity index (χ1n) is 4.86. The Labute approximate surface area is 73.4 Å². The topological polar surface area (TPSA) is 33.8 Å². The molecule has 1 N–H and O–H groups in total. The minimum absolute atomic E-state index is 0.567. The van der Waals surface area contributed by atoms with E-state index in [9.17, 15) is 0 Å². The van der Waals surface area contributed by atoms with Crippen LogP contribution in [-0.2, 0) is 9.47 Å². The first-order valence-corrected chi connectivity index (χ1v) is 4.86. The lowest BCUT2D eigenvalue weighted by atomic mass is 9.96. The molecular formula is C9H17NO2. The molecule has 0 radical (unpaired) electrons. The van der Waals surface area contributed by atoms with Gasteiger partial charge in [0.25, 0.3) is 0 Å². The Morgan fingerprint density at radius 1 is 1.42 bits per heavy atom. The molecule has 12 heavy (non-hydrogen) atoms. The molecule has 0 aromatic carbocycles.